The highest BCUT2D eigenvalue weighted by Crippen LogP contribution is 2.37. The fourth-order valence-corrected chi connectivity index (χ4v) is 2.62. The SMILES string of the molecule is CC(O[Si](C)(C)C(C)(C)C)C(=O)CBr. The molecule has 0 saturated heterocycles. The zero-order valence-electron chi connectivity index (χ0n) is 9.98. The minimum atomic E-state index is -1.79. The summed E-state index contributed by atoms with van der Waals surface area (Å²) < 4.78 is 5.91. The molecule has 0 N–H and O–H groups in total. The van der Waals surface area contributed by atoms with Gasteiger partial charge >= 0.3 is 0 Å². The maximum atomic E-state index is 11.4. The van der Waals surface area contributed by atoms with Gasteiger partial charge in [0.2, 0.25) is 0 Å². The number of alkyl halides is 1. The second-order valence-electron chi connectivity index (χ2n) is 5.12. The highest BCUT2D eigenvalue weighted by atomic mass is 79.9. The van der Waals surface area contributed by atoms with Gasteiger partial charge in [-0.25, -0.2) is 0 Å². The van der Waals surface area contributed by atoms with E-state index in [1.165, 1.54) is 0 Å². The van der Waals surface area contributed by atoms with Crippen LogP contribution in [0.25, 0.3) is 0 Å². The number of hydrogen-bond acceptors (Lipinski definition) is 2. The molecule has 0 aliphatic rings. The zero-order chi connectivity index (χ0) is 11.6. The molecule has 0 aromatic carbocycles. The van der Waals surface area contributed by atoms with Crippen molar-refractivity contribution in [3.05, 3.63) is 0 Å². The summed E-state index contributed by atoms with van der Waals surface area (Å²) in [6.45, 7) is 12.7. The van der Waals surface area contributed by atoms with E-state index in [0.717, 1.165) is 0 Å². The van der Waals surface area contributed by atoms with Gasteiger partial charge in [-0.2, -0.15) is 0 Å². The maximum absolute atomic E-state index is 11.4. The van der Waals surface area contributed by atoms with Crippen LogP contribution in [0.4, 0.5) is 0 Å². The van der Waals surface area contributed by atoms with E-state index in [9.17, 15) is 4.79 Å². The van der Waals surface area contributed by atoms with Gasteiger partial charge in [-0.15, -0.1) is 0 Å². The molecular formula is C10H21BrO2Si. The molecule has 0 bridgehead atoms. The van der Waals surface area contributed by atoms with E-state index in [0.29, 0.717) is 5.33 Å². The third kappa shape index (κ3) is 3.83. The summed E-state index contributed by atoms with van der Waals surface area (Å²) in [5.74, 6) is 0.120. The van der Waals surface area contributed by atoms with Gasteiger partial charge in [0.25, 0.3) is 0 Å². The van der Waals surface area contributed by atoms with Crippen molar-refractivity contribution in [1.82, 2.24) is 0 Å². The van der Waals surface area contributed by atoms with Crippen molar-refractivity contribution in [3.8, 4) is 0 Å². The number of hydrogen-bond donors (Lipinski definition) is 0. The van der Waals surface area contributed by atoms with Gasteiger partial charge in [0, 0.05) is 0 Å². The summed E-state index contributed by atoms with van der Waals surface area (Å²) in [6.07, 6.45) is -0.282. The molecule has 0 spiro atoms. The molecular weight excluding hydrogens is 260 g/mol. The number of halogens is 1. The van der Waals surface area contributed by atoms with Crippen LogP contribution in [0.5, 0.6) is 0 Å². The molecule has 4 heteroatoms. The number of carbonyl (C=O) groups excluding carboxylic acids is 1. The Balaban J connectivity index is 4.44. The van der Waals surface area contributed by atoms with Gasteiger partial charge in [-0.1, -0.05) is 36.7 Å². The lowest BCUT2D eigenvalue weighted by molar-refractivity contribution is -0.122. The quantitative estimate of drug-likeness (QED) is 0.583. The lowest BCUT2D eigenvalue weighted by Gasteiger charge is -2.37. The maximum Gasteiger partial charge on any atom is 0.193 e. The molecule has 0 fully saturated rings. The lowest BCUT2D eigenvalue weighted by atomic mass is 10.2. The molecule has 0 rings (SSSR count). The van der Waals surface area contributed by atoms with E-state index in [1.54, 1.807) is 0 Å². The van der Waals surface area contributed by atoms with Crippen LogP contribution in [0.3, 0.4) is 0 Å². The molecule has 2 nitrogen and oxygen atoms in total. The minimum absolute atomic E-state index is 0.120. The molecule has 0 aliphatic carbocycles. The van der Waals surface area contributed by atoms with Crippen molar-refractivity contribution in [3.63, 3.8) is 0 Å². The van der Waals surface area contributed by atoms with E-state index in [4.69, 9.17) is 4.43 Å². The van der Waals surface area contributed by atoms with Crippen LogP contribution in [0, 0.1) is 0 Å². The first-order valence-electron chi connectivity index (χ1n) is 4.88. The normalized spacial score (nSPS) is 15.4. The van der Waals surface area contributed by atoms with E-state index in [1.807, 2.05) is 6.92 Å². The van der Waals surface area contributed by atoms with E-state index in [2.05, 4.69) is 49.8 Å². The van der Waals surface area contributed by atoms with Gasteiger partial charge < -0.3 is 4.43 Å². The van der Waals surface area contributed by atoms with Crippen molar-refractivity contribution in [2.24, 2.45) is 0 Å². The number of rotatable bonds is 4. The van der Waals surface area contributed by atoms with Gasteiger partial charge in [0.05, 0.1) is 5.33 Å². The Labute approximate surface area is 96.7 Å². The van der Waals surface area contributed by atoms with Crippen LogP contribution in [0.2, 0.25) is 18.1 Å². The molecule has 0 aromatic heterocycles. The zero-order valence-corrected chi connectivity index (χ0v) is 12.6. The molecule has 84 valence electrons. The third-order valence-electron chi connectivity index (χ3n) is 2.86. The largest absolute Gasteiger partial charge is 0.407 e. The first-order chi connectivity index (χ1) is 6.12. The van der Waals surface area contributed by atoms with Gasteiger partial charge in [-0.05, 0) is 25.1 Å². The van der Waals surface area contributed by atoms with Crippen LogP contribution in [-0.4, -0.2) is 25.5 Å². The third-order valence-corrected chi connectivity index (χ3v) is 7.97. The van der Waals surface area contributed by atoms with Crippen LogP contribution >= 0.6 is 15.9 Å². The average molecular weight is 281 g/mol. The van der Waals surface area contributed by atoms with E-state index in [-0.39, 0.29) is 16.9 Å². The Morgan fingerprint density at radius 1 is 1.43 bits per heavy atom. The Kier molecular flexibility index (Phi) is 5.02. The van der Waals surface area contributed by atoms with Crippen molar-refractivity contribution >= 4 is 30.0 Å². The van der Waals surface area contributed by atoms with Crippen LogP contribution in [0.1, 0.15) is 27.7 Å². The minimum Gasteiger partial charge on any atom is -0.407 e. The molecule has 0 radical (unpaired) electrons. The fraction of sp³-hybridized carbons (Fsp3) is 0.900. The highest BCUT2D eigenvalue weighted by Gasteiger charge is 2.39. The highest BCUT2D eigenvalue weighted by molar-refractivity contribution is 9.09. The fourth-order valence-electron chi connectivity index (χ4n) is 0.793. The Bertz CT molecular complexity index is 209. The molecule has 0 aliphatic heterocycles. The van der Waals surface area contributed by atoms with Crippen LogP contribution in [0.15, 0.2) is 0 Å². The first kappa shape index (κ1) is 14.3. The lowest BCUT2D eigenvalue weighted by Crippen LogP contribution is -2.45. The Morgan fingerprint density at radius 3 is 2.14 bits per heavy atom. The summed E-state index contributed by atoms with van der Waals surface area (Å²) in [5.41, 5.74) is 0. The second kappa shape index (κ2) is 4.90. The van der Waals surface area contributed by atoms with Crippen molar-refractivity contribution in [1.29, 1.82) is 0 Å². The molecule has 0 aromatic rings. The summed E-state index contributed by atoms with van der Waals surface area (Å²) >= 11 is 3.16. The summed E-state index contributed by atoms with van der Waals surface area (Å²) in [6, 6.07) is 0. The summed E-state index contributed by atoms with van der Waals surface area (Å²) in [5, 5.41) is 0.538. The molecule has 1 atom stereocenters. The van der Waals surface area contributed by atoms with Gasteiger partial charge in [-0.3, -0.25) is 4.79 Å². The smallest absolute Gasteiger partial charge is 0.193 e. The van der Waals surface area contributed by atoms with Crippen molar-refractivity contribution < 1.29 is 9.22 Å². The number of Topliss-reactive ketones (excluding diaryl/α,β-unsaturated/α-hetero) is 1. The van der Waals surface area contributed by atoms with E-state index < -0.39 is 8.32 Å². The molecule has 0 saturated carbocycles. The van der Waals surface area contributed by atoms with Crippen molar-refractivity contribution in [2.45, 2.75) is 51.9 Å². The van der Waals surface area contributed by atoms with Gasteiger partial charge in [0.15, 0.2) is 14.1 Å². The van der Waals surface area contributed by atoms with Crippen molar-refractivity contribution in [2.75, 3.05) is 5.33 Å². The van der Waals surface area contributed by atoms with Crippen LogP contribution in [-0.2, 0) is 9.22 Å². The average Bonchev–Trinajstić information content (AvgIpc) is 2.00. The Morgan fingerprint density at radius 2 is 1.86 bits per heavy atom. The molecule has 0 amide bonds. The predicted octanol–water partition coefficient (Wildman–Crippen LogP) is 3.36. The predicted molar refractivity (Wildman–Crippen MR) is 66.5 cm³/mol. The van der Waals surface area contributed by atoms with Crippen LogP contribution < -0.4 is 0 Å². The summed E-state index contributed by atoms with van der Waals surface area (Å²) in [4.78, 5) is 11.4. The topological polar surface area (TPSA) is 26.3 Å². The molecule has 0 heterocycles. The number of carbonyl (C=O) groups is 1. The van der Waals surface area contributed by atoms with Gasteiger partial charge in [0.1, 0.15) is 6.10 Å². The molecule has 1 unspecified atom stereocenters. The second-order valence-corrected chi connectivity index (χ2v) is 10.4. The summed E-state index contributed by atoms with van der Waals surface area (Å²) in [7, 11) is -1.79. The first-order valence-corrected chi connectivity index (χ1v) is 8.91. The standard InChI is InChI=1S/C10H21BrO2Si/c1-8(9(12)7-11)13-14(5,6)10(2,3)4/h8H,7H2,1-6H3. The Hall–Kier alpha value is 0.327. The van der Waals surface area contributed by atoms with E-state index >= 15 is 0 Å². The molecule has 14 heavy (non-hydrogen) atoms. The number of ketones is 1. The monoisotopic (exact) mass is 280 g/mol.